The fourth-order valence-corrected chi connectivity index (χ4v) is 7.17. The highest BCUT2D eigenvalue weighted by atomic mass is 35.5. The maximum absolute atomic E-state index is 11.7. The number of imidazole rings is 1. The Bertz CT molecular complexity index is 1740. The molecule has 1 aliphatic carbocycles. The number of nitrogens with zero attached hydrogens (tertiary/aromatic N) is 3. The van der Waals surface area contributed by atoms with E-state index in [1.807, 2.05) is 48.8 Å². The van der Waals surface area contributed by atoms with Crippen LogP contribution < -0.4 is 11.1 Å². The van der Waals surface area contributed by atoms with Gasteiger partial charge in [-0.2, -0.15) is 0 Å². The number of amides is 1. The van der Waals surface area contributed by atoms with E-state index in [1.165, 1.54) is 7.11 Å². The molecule has 0 radical (unpaired) electrons. The molecule has 3 heterocycles. The smallest absolute Gasteiger partial charge is 0.411 e. The molecule has 10 nitrogen and oxygen atoms in total. The molecule has 4 aromatic rings. The number of fused-ring (bicyclic) bond motifs is 1. The van der Waals surface area contributed by atoms with E-state index in [0.29, 0.717) is 42.8 Å². The summed E-state index contributed by atoms with van der Waals surface area (Å²) in [5, 5.41) is 3.32. The van der Waals surface area contributed by atoms with E-state index in [-0.39, 0.29) is 18.3 Å². The van der Waals surface area contributed by atoms with Crippen molar-refractivity contribution >= 4 is 37.1 Å². The van der Waals surface area contributed by atoms with Crippen LogP contribution in [0.2, 0.25) is 30.7 Å². The lowest BCUT2D eigenvalue weighted by molar-refractivity contribution is -0.189. The average molecular weight is 690 g/mol. The molecule has 48 heavy (non-hydrogen) atoms. The van der Waals surface area contributed by atoms with Crippen LogP contribution in [0.25, 0.3) is 22.4 Å². The summed E-state index contributed by atoms with van der Waals surface area (Å²) < 4.78 is 25.9. The number of carbonyl (C=O) groups excluding carboxylic acids is 1. The van der Waals surface area contributed by atoms with E-state index in [2.05, 4.69) is 35.6 Å². The standard InChI is InChI=1S/C36H44ClN5O5Si/c1-44-36(43)41-26-11-8-23(9-12-26)31-21-40-35(42(31)22-45-15-16-48(2,3)4)29-19-32(47-33-7-5-6-14-46-33)28-17-24(20-39-34(28)29)27-18-25(37)10-13-30(27)38/h8-13,17-18,20-21,29,32-33H,5-7,14-16,19,22,38H2,1-4H3,(H,41,43). The van der Waals surface area contributed by atoms with Gasteiger partial charge in [0.05, 0.1) is 36.7 Å². The SMILES string of the molecule is COC(=O)Nc1ccc(-c2cnc(C3CC(OC4CCCCO4)c4cc(-c5cc(Cl)ccc5N)cnc43)n2COCC[Si](C)(C)C)cc1. The number of anilines is 2. The second-order valence-corrected chi connectivity index (χ2v) is 19.7. The number of methoxy groups -OCH3 is 1. The van der Waals surface area contributed by atoms with E-state index >= 15 is 0 Å². The van der Waals surface area contributed by atoms with Gasteiger partial charge >= 0.3 is 6.09 Å². The Hall–Kier alpha value is -3.74. The molecule has 2 aromatic heterocycles. The summed E-state index contributed by atoms with van der Waals surface area (Å²) >= 11 is 6.37. The quantitative estimate of drug-likeness (QED) is 0.0914. The Morgan fingerprint density at radius 2 is 1.90 bits per heavy atom. The number of nitrogen functional groups attached to an aromatic ring is 1. The molecule has 1 aliphatic heterocycles. The number of rotatable bonds is 11. The van der Waals surface area contributed by atoms with Crippen LogP contribution in [0.3, 0.4) is 0 Å². The van der Waals surface area contributed by atoms with Crippen molar-refractivity contribution in [1.29, 1.82) is 0 Å². The lowest BCUT2D eigenvalue weighted by Crippen LogP contribution is -2.24. The highest BCUT2D eigenvalue weighted by Crippen LogP contribution is 2.47. The van der Waals surface area contributed by atoms with Gasteiger partial charge in [-0.1, -0.05) is 43.4 Å². The topological polar surface area (TPSA) is 123 Å². The van der Waals surface area contributed by atoms with Crippen molar-refractivity contribution in [2.75, 3.05) is 31.4 Å². The third-order valence-electron chi connectivity index (χ3n) is 8.88. The Labute approximate surface area is 287 Å². The van der Waals surface area contributed by atoms with Crippen molar-refractivity contribution < 1.29 is 23.7 Å². The molecule has 0 spiro atoms. The Morgan fingerprint density at radius 3 is 2.62 bits per heavy atom. The molecule has 1 amide bonds. The average Bonchev–Trinajstić information content (AvgIpc) is 3.65. The molecule has 12 heteroatoms. The summed E-state index contributed by atoms with van der Waals surface area (Å²) in [6.07, 6.45) is 6.34. The molecular weight excluding hydrogens is 646 g/mol. The zero-order chi connectivity index (χ0) is 33.8. The summed E-state index contributed by atoms with van der Waals surface area (Å²) in [6.45, 7) is 8.74. The number of benzene rings is 2. The molecule has 2 aliphatic rings. The van der Waals surface area contributed by atoms with Crippen molar-refractivity contribution in [1.82, 2.24) is 14.5 Å². The van der Waals surface area contributed by atoms with Crippen LogP contribution in [-0.2, 0) is 25.7 Å². The van der Waals surface area contributed by atoms with Crippen molar-refractivity contribution in [3.8, 4) is 22.4 Å². The molecule has 3 N–H and O–H groups in total. The van der Waals surface area contributed by atoms with Crippen LogP contribution in [0, 0.1) is 0 Å². The van der Waals surface area contributed by atoms with Crippen LogP contribution in [0.5, 0.6) is 0 Å². The molecule has 1 fully saturated rings. The lowest BCUT2D eigenvalue weighted by atomic mass is 10.0. The number of halogens is 1. The first-order valence-electron chi connectivity index (χ1n) is 16.5. The van der Waals surface area contributed by atoms with Crippen LogP contribution in [0.1, 0.15) is 54.8 Å². The van der Waals surface area contributed by atoms with E-state index in [9.17, 15) is 4.79 Å². The number of hydrogen-bond acceptors (Lipinski definition) is 8. The van der Waals surface area contributed by atoms with E-state index in [1.54, 1.807) is 6.07 Å². The Morgan fingerprint density at radius 1 is 1.08 bits per heavy atom. The Balaban J connectivity index is 1.37. The molecule has 3 unspecified atom stereocenters. The highest BCUT2D eigenvalue weighted by Gasteiger charge is 2.39. The largest absolute Gasteiger partial charge is 0.453 e. The zero-order valence-corrected chi connectivity index (χ0v) is 29.8. The van der Waals surface area contributed by atoms with Crippen molar-refractivity contribution in [3.05, 3.63) is 83.0 Å². The summed E-state index contributed by atoms with van der Waals surface area (Å²) in [6, 6.07) is 16.3. The first kappa shape index (κ1) is 34.1. The van der Waals surface area contributed by atoms with Crippen molar-refractivity contribution in [2.24, 2.45) is 0 Å². The fraction of sp³-hybridized carbons (Fsp3) is 0.417. The number of nitrogens with one attached hydrogen (secondary N) is 1. The van der Waals surface area contributed by atoms with E-state index in [0.717, 1.165) is 64.8 Å². The first-order valence-corrected chi connectivity index (χ1v) is 20.6. The predicted molar refractivity (Wildman–Crippen MR) is 191 cm³/mol. The van der Waals surface area contributed by atoms with Crippen LogP contribution >= 0.6 is 11.6 Å². The molecule has 3 atom stereocenters. The van der Waals surface area contributed by atoms with Crippen LogP contribution in [0.15, 0.2) is 60.9 Å². The minimum absolute atomic E-state index is 0.144. The van der Waals surface area contributed by atoms with Crippen molar-refractivity contribution in [3.63, 3.8) is 0 Å². The summed E-state index contributed by atoms with van der Waals surface area (Å²) in [5.41, 5.74) is 13.1. The van der Waals surface area contributed by atoms with Gasteiger partial charge in [0.2, 0.25) is 0 Å². The Kier molecular flexibility index (Phi) is 10.5. The number of hydrogen-bond donors (Lipinski definition) is 2. The summed E-state index contributed by atoms with van der Waals surface area (Å²) in [4.78, 5) is 21.8. The fourth-order valence-electron chi connectivity index (χ4n) is 6.24. The highest BCUT2D eigenvalue weighted by molar-refractivity contribution is 6.76. The summed E-state index contributed by atoms with van der Waals surface area (Å²) in [7, 11) is 0.0520. The molecule has 2 aromatic carbocycles. The van der Waals surface area contributed by atoms with Gasteiger partial charge in [0, 0.05) is 60.6 Å². The number of pyridine rings is 1. The number of ether oxygens (including phenoxy) is 4. The number of carbonyl (C=O) groups is 1. The molecule has 0 bridgehead atoms. The van der Waals surface area contributed by atoms with Gasteiger partial charge in [-0.05, 0) is 73.7 Å². The van der Waals surface area contributed by atoms with Gasteiger partial charge in [-0.15, -0.1) is 0 Å². The molecular formula is C36H44ClN5O5Si. The van der Waals surface area contributed by atoms with Gasteiger partial charge in [0.25, 0.3) is 0 Å². The lowest BCUT2D eigenvalue weighted by Gasteiger charge is -2.26. The van der Waals surface area contributed by atoms with Gasteiger partial charge in [-0.25, -0.2) is 9.78 Å². The molecule has 6 rings (SSSR count). The van der Waals surface area contributed by atoms with Gasteiger partial charge in [-0.3, -0.25) is 10.3 Å². The van der Waals surface area contributed by atoms with Gasteiger partial charge in [0.15, 0.2) is 6.29 Å². The summed E-state index contributed by atoms with van der Waals surface area (Å²) in [5.74, 6) is 0.711. The third-order valence-corrected chi connectivity index (χ3v) is 10.8. The monoisotopic (exact) mass is 689 g/mol. The van der Waals surface area contributed by atoms with Gasteiger partial charge < -0.3 is 29.2 Å². The molecule has 1 saturated heterocycles. The van der Waals surface area contributed by atoms with Crippen molar-refractivity contribution in [2.45, 2.75) is 76.4 Å². The minimum Gasteiger partial charge on any atom is -0.453 e. The first-order chi connectivity index (χ1) is 23.1. The normalized spacial score (nSPS) is 19.2. The van der Waals surface area contributed by atoms with E-state index < -0.39 is 14.2 Å². The zero-order valence-electron chi connectivity index (χ0n) is 28.0. The third kappa shape index (κ3) is 7.93. The second-order valence-electron chi connectivity index (χ2n) is 13.6. The number of aromatic nitrogens is 3. The predicted octanol–water partition coefficient (Wildman–Crippen LogP) is 8.46. The minimum atomic E-state index is -1.29. The van der Waals surface area contributed by atoms with Crippen LogP contribution in [-0.4, -0.2) is 55.3 Å². The van der Waals surface area contributed by atoms with Gasteiger partial charge in [0.1, 0.15) is 12.6 Å². The number of nitrogens with two attached hydrogens (primary N) is 1. The van der Waals surface area contributed by atoms with E-state index in [4.69, 9.17) is 46.3 Å². The van der Waals surface area contributed by atoms with Crippen LogP contribution in [0.4, 0.5) is 16.2 Å². The second kappa shape index (κ2) is 14.8. The maximum atomic E-state index is 11.7. The molecule has 0 saturated carbocycles. The molecule has 254 valence electrons. The maximum Gasteiger partial charge on any atom is 0.411 e.